The van der Waals surface area contributed by atoms with Crippen molar-refractivity contribution in [3.63, 3.8) is 0 Å². The Balaban J connectivity index is 1.57. The summed E-state index contributed by atoms with van der Waals surface area (Å²) in [6, 6.07) is 16.4. The van der Waals surface area contributed by atoms with Crippen LogP contribution < -0.4 is 5.32 Å². The molecule has 0 saturated carbocycles. The highest BCUT2D eigenvalue weighted by atomic mass is 16.5. The maximum absolute atomic E-state index is 12.2. The van der Waals surface area contributed by atoms with Crippen molar-refractivity contribution in [2.75, 3.05) is 18.9 Å². The van der Waals surface area contributed by atoms with Crippen LogP contribution in [0.25, 0.3) is 10.8 Å². The molecule has 0 spiro atoms. The molecule has 3 rings (SSSR count). The first-order chi connectivity index (χ1) is 12.3. The zero-order valence-corrected chi connectivity index (χ0v) is 15.7. The summed E-state index contributed by atoms with van der Waals surface area (Å²) < 4.78 is 5.21. The number of nitrogens with one attached hydrogen (secondary N) is 1. The van der Waals surface area contributed by atoms with E-state index in [1.165, 1.54) is 16.3 Å². The molecular formula is C21H25N3O2. The first-order valence-electron chi connectivity index (χ1n) is 8.74. The van der Waals surface area contributed by atoms with E-state index in [1.807, 2.05) is 44.9 Å². The summed E-state index contributed by atoms with van der Waals surface area (Å²) >= 11 is 0. The standard InChI is InChI=1S/C21H25N3O2/c1-21(2,3)18-12-20(26-23-18)22-19(25)14-24(4)13-15-9-10-16-7-5-6-8-17(16)11-15/h5-12H,13-14H2,1-4H3,(H,22,25). The van der Waals surface area contributed by atoms with Crippen LogP contribution in [0.4, 0.5) is 5.88 Å². The summed E-state index contributed by atoms with van der Waals surface area (Å²) in [5, 5.41) is 9.21. The van der Waals surface area contributed by atoms with Gasteiger partial charge in [0, 0.05) is 18.0 Å². The Morgan fingerprint density at radius 3 is 2.54 bits per heavy atom. The molecule has 3 aromatic rings. The Morgan fingerprint density at radius 2 is 1.85 bits per heavy atom. The molecule has 0 unspecified atom stereocenters. The van der Waals surface area contributed by atoms with Gasteiger partial charge in [-0.2, -0.15) is 0 Å². The average Bonchev–Trinajstić information content (AvgIpc) is 3.03. The van der Waals surface area contributed by atoms with Gasteiger partial charge in [0.25, 0.3) is 0 Å². The van der Waals surface area contributed by atoms with Crippen LogP contribution in [-0.2, 0) is 16.8 Å². The third-order valence-corrected chi connectivity index (χ3v) is 4.22. The minimum Gasteiger partial charge on any atom is -0.338 e. The van der Waals surface area contributed by atoms with Gasteiger partial charge in [-0.05, 0) is 29.4 Å². The van der Waals surface area contributed by atoms with E-state index in [0.29, 0.717) is 12.4 Å². The lowest BCUT2D eigenvalue weighted by atomic mass is 9.92. The summed E-state index contributed by atoms with van der Waals surface area (Å²) in [6.07, 6.45) is 0. The molecule has 0 saturated heterocycles. The van der Waals surface area contributed by atoms with E-state index in [9.17, 15) is 4.79 Å². The Labute approximate surface area is 154 Å². The number of carbonyl (C=O) groups excluding carboxylic acids is 1. The highest BCUT2D eigenvalue weighted by Gasteiger charge is 2.20. The molecule has 1 aromatic heterocycles. The maximum Gasteiger partial charge on any atom is 0.240 e. The van der Waals surface area contributed by atoms with Crippen molar-refractivity contribution in [3.8, 4) is 0 Å². The van der Waals surface area contributed by atoms with Crippen LogP contribution in [0.2, 0.25) is 0 Å². The Bertz CT molecular complexity index is 909. The number of aromatic nitrogens is 1. The Kier molecular flexibility index (Phi) is 5.09. The fourth-order valence-corrected chi connectivity index (χ4v) is 2.81. The number of carbonyl (C=O) groups is 1. The van der Waals surface area contributed by atoms with Gasteiger partial charge in [-0.1, -0.05) is 62.3 Å². The van der Waals surface area contributed by atoms with E-state index in [1.54, 1.807) is 6.07 Å². The zero-order chi connectivity index (χ0) is 18.7. The second kappa shape index (κ2) is 7.30. The molecule has 0 aliphatic heterocycles. The summed E-state index contributed by atoms with van der Waals surface area (Å²) in [4.78, 5) is 14.2. The van der Waals surface area contributed by atoms with Crippen LogP contribution in [0.3, 0.4) is 0 Å². The maximum atomic E-state index is 12.2. The van der Waals surface area contributed by atoms with Gasteiger partial charge in [-0.15, -0.1) is 0 Å². The molecule has 0 aliphatic carbocycles. The number of nitrogens with zero attached hydrogens (tertiary/aromatic N) is 2. The molecule has 0 radical (unpaired) electrons. The lowest BCUT2D eigenvalue weighted by Crippen LogP contribution is -2.29. The molecule has 2 aromatic carbocycles. The van der Waals surface area contributed by atoms with Crippen LogP contribution in [-0.4, -0.2) is 29.6 Å². The minimum atomic E-state index is -0.120. The third-order valence-electron chi connectivity index (χ3n) is 4.22. The van der Waals surface area contributed by atoms with E-state index in [-0.39, 0.29) is 17.9 Å². The van der Waals surface area contributed by atoms with Crippen molar-refractivity contribution in [2.24, 2.45) is 0 Å². The second-order valence-corrected chi connectivity index (χ2v) is 7.73. The van der Waals surface area contributed by atoms with Gasteiger partial charge >= 0.3 is 0 Å². The molecule has 26 heavy (non-hydrogen) atoms. The SMILES string of the molecule is CN(CC(=O)Nc1cc(C(C)(C)C)no1)Cc1ccc2ccccc2c1. The molecule has 1 heterocycles. The number of benzene rings is 2. The smallest absolute Gasteiger partial charge is 0.240 e. The van der Waals surface area contributed by atoms with Crippen molar-refractivity contribution < 1.29 is 9.32 Å². The molecule has 5 heteroatoms. The molecule has 0 bridgehead atoms. The molecule has 1 amide bonds. The molecule has 1 N–H and O–H groups in total. The predicted molar refractivity (Wildman–Crippen MR) is 104 cm³/mol. The normalized spacial score (nSPS) is 11.9. The third kappa shape index (κ3) is 4.49. The quantitative estimate of drug-likeness (QED) is 0.748. The Hall–Kier alpha value is -2.66. The first-order valence-corrected chi connectivity index (χ1v) is 8.74. The van der Waals surface area contributed by atoms with Gasteiger partial charge in [0.15, 0.2) is 0 Å². The fourth-order valence-electron chi connectivity index (χ4n) is 2.81. The van der Waals surface area contributed by atoms with Crippen molar-refractivity contribution in [3.05, 3.63) is 59.8 Å². The van der Waals surface area contributed by atoms with Crippen molar-refractivity contribution in [1.82, 2.24) is 10.1 Å². The van der Waals surface area contributed by atoms with Gasteiger partial charge in [0.2, 0.25) is 11.8 Å². The van der Waals surface area contributed by atoms with Gasteiger partial charge in [0.05, 0.1) is 12.2 Å². The van der Waals surface area contributed by atoms with Crippen LogP contribution in [0.15, 0.2) is 53.1 Å². The van der Waals surface area contributed by atoms with Crippen molar-refractivity contribution in [1.29, 1.82) is 0 Å². The van der Waals surface area contributed by atoms with E-state index in [4.69, 9.17) is 4.52 Å². The van der Waals surface area contributed by atoms with Crippen LogP contribution in [0.1, 0.15) is 32.0 Å². The van der Waals surface area contributed by atoms with E-state index in [0.717, 1.165) is 5.69 Å². The van der Waals surface area contributed by atoms with E-state index >= 15 is 0 Å². The molecule has 0 atom stereocenters. The monoisotopic (exact) mass is 351 g/mol. The topological polar surface area (TPSA) is 58.4 Å². The molecule has 5 nitrogen and oxygen atoms in total. The van der Waals surface area contributed by atoms with Crippen molar-refractivity contribution in [2.45, 2.75) is 32.7 Å². The number of hydrogen-bond acceptors (Lipinski definition) is 4. The zero-order valence-electron chi connectivity index (χ0n) is 15.7. The summed E-state index contributed by atoms with van der Waals surface area (Å²) in [5.74, 6) is 0.268. The molecular weight excluding hydrogens is 326 g/mol. The first kappa shape index (κ1) is 18.1. The number of hydrogen-bond donors (Lipinski definition) is 1. The fraction of sp³-hybridized carbons (Fsp3) is 0.333. The van der Waals surface area contributed by atoms with Gasteiger partial charge in [-0.25, -0.2) is 0 Å². The lowest BCUT2D eigenvalue weighted by Gasteiger charge is -2.16. The lowest BCUT2D eigenvalue weighted by molar-refractivity contribution is -0.117. The van der Waals surface area contributed by atoms with Crippen LogP contribution in [0.5, 0.6) is 0 Å². The highest BCUT2D eigenvalue weighted by molar-refractivity contribution is 5.91. The van der Waals surface area contributed by atoms with Crippen molar-refractivity contribution >= 4 is 22.6 Å². The highest BCUT2D eigenvalue weighted by Crippen LogP contribution is 2.23. The van der Waals surface area contributed by atoms with Gasteiger partial charge < -0.3 is 4.52 Å². The van der Waals surface area contributed by atoms with Crippen LogP contribution >= 0.6 is 0 Å². The Morgan fingerprint density at radius 1 is 1.12 bits per heavy atom. The molecule has 0 fully saturated rings. The van der Waals surface area contributed by atoms with Gasteiger partial charge in [0.1, 0.15) is 0 Å². The number of anilines is 1. The average molecular weight is 351 g/mol. The minimum absolute atomic E-state index is 0.112. The molecule has 136 valence electrons. The number of amides is 1. The van der Waals surface area contributed by atoms with Crippen LogP contribution in [0, 0.1) is 0 Å². The summed E-state index contributed by atoms with van der Waals surface area (Å²) in [6.45, 7) is 7.12. The van der Waals surface area contributed by atoms with E-state index < -0.39 is 0 Å². The number of rotatable bonds is 5. The summed E-state index contributed by atoms with van der Waals surface area (Å²) in [5.41, 5.74) is 1.88. The second-order valence-electron chi connectivity index (χ2n) is 7.73. The number of likely N-dealkylation sites (N-methyl/N-ethyl adjacent to an activating group) is 1. The van der Waals surface area contributed by atoms with E-state index in [2.05, 4.69) is 40.8 Å². The largest absolute Gasteiger partial charge is 0.338 e. The number of fused-ring (bicyclic) bond motifs is 1. The predicted octanol–water partition coefficient (Wildman–Crippen LogP) is 4.20. The summed E-state index contributed by atoms with van der Waals surface area (Å²) in [7, 11) is 1.93. The van der Waals surface area contributed by atoms with Gasteiger partial charge in [-0.3, -0.25) is 15.0 Å². The molecule has 0 aliphatic rings.